The van der Waals surface area contributed by atoms with Crippen LogP contribution >= 0.6 is 0 Å². The largest absolute Gasteiger partial charge is 0.696 e. The van der Waals surface area contributed by atoms with Crippen molar-refractivity contribution in [3.63, 3.8) is 0 Å². The van der Waals surface area contributed by atoms with Crippen LogP contribution < -0.4 is 0 Å². The summed E-state index contributed by atoms with van der Waals surface area (Å²) in [4.78, 5) is 0. The second-order valence-corrected chi connectivity index (χ2v) is 0.548. The average Bonchev–Trinajstić information content (AvgIpc) is 1.39. The van der Waals surface area contributed by atoms with Crippen LogP contribution in [0.5, 0.6) is 0 Å². The van der Waals surface area contributed by atoms with Gasteiger partial charge in [-0.15, -0.1) is 0 Å². The van der Waals surface area contributed by atoms with E-state index >= 15 is 0 Å². The topological polar surface area (TPSA) is 47.6 Å². The predicted octanol–water partition coefficient (Wildman–Crippen LogP) is 0.0288. The first-order chi connectivity index (χ1) is 2.83. The predicted molar refractivity (Wildman–Crippen MR) is 26.0 cm³/mol. The first-order valence-corrected chi connectivity index (χ1v) is 1.67. The number of thiocyanates is 2. The van der Waals surface area contributed by atoms with Crippen LogP contribution in [0.4, 0.5) is 0 Å². The van der Waals surface area contributed by atoms with Gasteiger partial charge in [0, 0.05) is 37.3 Å². The Balaban J connectivity index is -0.0000000400. The number of hydrogen-bond donors (Lipinski definition) is 0. The Morgan fingerprint density at radius 1 is 1.00 bits per heavy atom. The Morgan fingerprint density at radius 3 is 1.00 bits per heavy atom. The molecule has 0 aromatic rings. The molecule has 7 heavy (non-hydrogen) atoms. The van der Waals surface area contributed by atoms with Gasteiger partial charge in [0.05, 0.1) is 0 Å². The third kappa shape index (κ3) is 327. The Morgan fingerprint density at radius 2 is 1.00 bits per heavy atom. The van der Waals surface area contributed by atoms with E-state index in [1.807, 2.05) is 0 Å². The standard InChI is InChI=1S/2CHNS.Er/c2*2-1-3;/h2*3H;/p-2. The van der Waals surface area contributed by atoms with Gasteiger partial charge in [-0.25, -0.2) is 10.5 Å². The van der Waals surface area contributed by atoms with Gasteiger partial charge in [-0.1, -0.05) is 10.8 Å². The van der Waals surface area contributed by atoms with E-state index < -0.39 is 0 Å². The molecule has 0 aliphatic rings. The van der Waals surface area contributed by atoms with Gasteiger partial charge in [0.2, 0.25) is 0 Å². The number of nitrogens with zero attached hydrogens (tertiary/aromatic N) is 2. The van der Waals surface area contributed by atoms with E-state index in [1.54, 1.807) is 0 Å². The molecule has 0 spiro atoms. The molecule has 44 valence electrons. The maximum atomic E-state index is 7.13. The zero-order chi connectivity index (χ0) is 5.41. The van der Waals surface area contributed by atoms with Crippen molar-refractivity contribution in [2.24, 2.45) is 0 Å². The molecule has 5 heteroatoms. The van der Waals surface area contributed by atoms with Crippen LogP contribution in [0.1, 0.15) is 0 Å². The Kier molecular flexibility index (Phi) is 67.3. The fourth-order valence-electron chi connectivity index (χ4n) is 0. The van der Waals surface area contributed by atoms with E-state index in [0.29, 0.717) is 0 Å². The summed E-state index contributed by atoms with van der Waals surface area (Å²) in [5.74, 6) is 0. The monoisotopic (exact) mass is 282 g/mol. The molecule has 0 atom stereocenters. The fraction of sp³-hybridized carbons (Fsp3) is 0. The van der Waals surface area contributed by atoms with Gasteiger partial charge in [-0.2, -0.15) is 0 Å². The molecule has 2 nitrogen and oxygen atoms in total. The van der Waals surface area contributed by atoms with Gasteiger partial charge in [-0.05, 0) is 0 Å². The summed E-state index contributed by atoms with van der Waals surface area (Å²) in [6, 6.07) is 0. The summed E-state index contributed by atoms with van der Waals surface area (Å²) in [5.41, 5.74) is 0. The van der Waals surface area contributed by atoms with Gasteiger partial charge in [0.1, 0.15) is 0 Å². The summed E-state index contributed by atoms with van der Waals surface area (Å²) >= 11 is 7.40. The Bertz CT molecular complexity index is 68.7. The molecule has 0 N–H and O–H groups in total. The molecule has 0 heterocycles. The first kappa shape index (κ1) is 15.6. The molecule has 0 aliphatic carbocycles. The molecule has 0 aromatic heterocycles. The van der Waals surface area contributed by atoms with Crippen molar-refractivity contribution < 1.29 is 37.3 Å². The van der Waals surface area contributed by atoms with E-state index in [2.05, 4.69) is 25.3 Å². The molecule has 0 amide bonds. The van der Waals surface area contributed by atoms with Gasteiger partial charge in [0.15, 0.2) is 0 Å². The summed E-state index contributed by atoms with van der Waals surface area (Å²) in [6.45, 7) is 0. The zero-order valence-corrected chi connectivity index (χ0v) is 6.48. The maximum absolute atomic E-state index is 7.13. The summed E-state index contributed by atoms with van der Waals surface area (Å²) in [7, 11) is 0. The van der Waals surface area contributed by atoms with E-state index in [9.17, 15) is 0 Å². The zero-order valence-electron chi connectivity index (χ0n) is 3.00. The molecule has 0 radical (unpaired) electrons. The Labute approximate surface area is 82.9 Å². The van der Waals surface area contributed by atoms with E-state index in [1.165, 1.54) is 10.8 Å². The fourth-order valence-corrected chi connectivity index (χ4v) is 0. The second kappa shape index (κ2) is 30.1. The summed E-state index contributed by atoms with van der Waals surface area (Å²) < 4.78 is 0. The molecule has 0 saturated carbocycles. The summed E-state index contributed by atoms with van der Waals surface area (Å²) in [5, 5.41) is 16.9. The van der Waals surface area contributed by atoms with Gasteiger partial charge >= 0.3 is 0 Å². The minimum atomic E-state index is 0. The number of nitriles is 2. The Hall–Kier alpha value is 0.667. The minimum Gasteiger partial charge on any atom is -0.696 e. The third-order valence-corrected chi connectivity index (χ3v) is 0. The van der Waals surface area contributed by atoms with Gasteiger partial charge < -0.3 is 25.3 Å². The molecule has 0 aromatic carbocycles. The number of hydrogen-bond acceptors (Lipinski definition) is 4. The molecule has 0 bridgehead atoms. The van der Waals surface area contributed by atoms with Crippen LogP contribution in [-0.4, -0.2) is 0 Å². The van der Waals surface area contributed by atoms with Crippen LogP contribution in [0, 0.1) is 58.6 Å². The third-order valence-electron chi connectivity index (χ3n) is 0. The molecule has 0 unspecified atom stereocenters. The van der Waals surface area contributed by atoms with Crippen molar-refractivity contribution in [2.45, 2.75) is 0 Å². The van der Waals surface area contributed by atoms with Crippen LogP contribution in [-0.2, 0) is 25.3 Å². The normalized spacial score (nSPS) is 2.00. The minimum absolute atomic E-state index is 0. The molecular formula is C2ErN2S2-2. The van der Waals surface area contributed by atoms with Crippen LogP contribution in [0.25, 0.3) is 0 Å². The first-order valence-electron chi connectivity index (χ1n) is 0.855. The van der Waals surface area contributed by atoms with E-state index in [0.717, 1.165) is 0 Å². The quantitative estimate of drug-likeness (QED) is 0.465. The molecule has 0 fully saturated rings. The summed E-state index contributed by atoms with van der Waals surface area (Å²) in [6.07, 6.45) is 0. The van der Waals surface area contributed by atoms with Crippen molar-refractivity contribution in [2.75, 3.05) is 0 Å². The van der Waals surface area contributed by atoms with Crippen molar-refractivity contribution in [3.05, 3.63) is 0 Å². The van der Waals surface area contributed by atoms with Crippen molar-refractivity contribution in [3.8, 4) is 10.8 Å². The van der Waals surface area contributed by atoms with Crippen molar-refractivity contribution in [1.82, 2.24) is 0 Å². The van der Waals surface area contributed by atoms with Crippen molar-refractivity contribution >= 4 is 25.3 Å². The van der Waals surface area contributed by atoms with E-state index in [-0.39, 0.29) is 37.3 Å². The van der Waals surface area contributed by atoms with E-state index in [4.69, 9.17) is 10.5 Å². The SMILES string of the molecule is N#C[S-].N#C[S-].[Er]. The average molecular weight is 283 g/mol. The van der Waals surface area contributed by atoms with Crippen molar-refractivity contribution in [1.29, 1.82) is 10.5 Å². The van der Waals surface area contributed by atoms with Gasteiger partial charge in [0.25, 0.3) is 0 Å². The van der Waals surface area contributed by atoms with Gasteiger partial charge in [-0.3, -0.25) is 0 Å². The van der Waals surface area contributed by atoms with Crippen LogP contribution in [0.15, 0.2) is 0 Å². The number of rotatable bonds is 0. The molecular weight excluding hydrogens is 283 g/mol. The maximum Gasteiger partial charge on any atom is 0 e. The van der Waals surface area contributed by atoms with Crippen LogP contribution in [0.3, 0.4) is 0 Å². The van der Waals surface area contributed by atoms with Crippen LogP contribution in [0.2, 0.25) is 0 Å². The smallest absolute Gasteiger partial charge is 0 e. The molecule has 0 rings (SSSR count). The molecule has 0 aliphatic heterocycles. The molecule has 0 saturated heterocycles. The second-order valence-electron chi connectivity index (χ2n) is 0.183.